The quantitative estimate of drug-likeness (QED) is 0.597. The fraction of sp³-hybridized carbons (Fsp3) is 0.263. The Morgan fingerprint density at radius 2 is 1.58 bits per heavy atom. The first-order valence-corrected chi connectivity index (χ1v) is 8.13. The van der Waals surface area contributed by atoms with Gasteiger partial charge in [-0.1, -0.05) is 37.1 Å². The van der Waals surface area contributed by atoms with Crippen molar-refractivity contribution in [3.63, 3.8) is 0 Å². The molecular formula is C19H20N2O3. The number of carbonyl (C=O) groups excluding carboxylic acids is 2. The lowest BCUT2D eigenvalue weighted by molar-refractivity contribution is 0.0706. The Morgan fingerprint density at radius 1 is 0.875 bits per heavy atom. The molecule has 2 aromatic carbocycles. The van der Waals surface area contributed by atoms with E-state index in [1.165, 1.54) is 12.8 Å². The summed E-state index contributed by atoms with van der Waals surface area (Å²) in [6, 6.07) is 14.6. The molecule has 1 aliphatic carbocycles. The molecule has 3 rings (SSSR count). The summed E-state index contributed by atoms with van der Waals surface area (Å²) in [4.78, 5) is 23.7. The summed E-state index contributed by atoms with van der Waals surface area (Å²) < 4.78 is 0. The van der Waals surface area contributed by atoms with Crippen molar-refractivity contribution in [3.05, 3.63) is 59.7 Å². The van der Waals surface area contributed by atoms with Gasteiger partial charge in [0.2, 0.25) is 0 Å². The van der Waals surface area contributed by atoms with Crippen molar-refractivity contribution in [2.45, 2.75) is 31.7 Å². The fourth-order valence-corrected chi connectivity index (χ4v) is 3.06. The number of amides is 2. The van der Waals surface area contributed by atoms with E-state index in [4.69, 9.17) is 5.21 Å². The number of rotatable bonds is 4. The van der Waals surface area contributed by atoms with Gasteiger partial charge in [-0.3, -0.25) is 14.8 Å². The van der Waals surface area contributed by atoms with E-state index < -0.39 is 5.91 Å². The van der Waals surface area contributed by atoms with Gasteiger partial charge in [-0.05, 0) is 48.2 Å². The largest absolute Gasteiger partial charge is 0.349 e. The molecule has 0 heterocycles. The van der Waals surface area contributed by atoms with Crippen molar-refractivity contribution in [1.29, 1.82) is 0 Å². The smallest absolute Gasteiger partial charge is 0.274 e. The first-order valence-electron chi connectivity index (χ1n) is 8.13. The van der Waals surface area contributed by atoms with Gasteiger partial charge in [0.05, 0.1) is 0 Å². The molecule has 0 atom stereocenters. The molecule has 1 fully saturated rings. The van der Waals surface area contributed by atoms with Gasteiger partial charge in [0.1, 0.15) is 0 Å². The van der Waals surface area contributed by atoms with E-state index in [2.05, 4.69) is 5.32 Å². The van der Waals surface area contributed by atoms with E-state index in [1.807, 2.05) is 18.2 Å². The molecule has 1 saturated carbocycles. The molecule has 0 saturated heterocycles. The van der Waals surface area contributed by atoms with E-state index in [-0.39, 0.29) is 11.9 Å². The lowest BCUT2D eigenvalue weighted by Gasteiger charge is -2.12. The van der Waals surface area contributed by atoms with Crippen molar-refractivity contribution in [1.82, 2.24) is 10.8 Å². The number of hydrogen-bond donors (Lipinski definition) is 3. The van der Waals surface area contributed by atoms with E-state index in [0.717, 1.165) is 24.0 Å². The van der Waals surface area contributed by atoms with Gasteiger partial charge in [0.25, 0.3) is 11.8 Å². The molecule has 3 N–H and O–H groups in total. The summed E-state index contributed by atoms with van der Waals surface area (Å²) in [5.74, 6) is -0.591. The highest BCUT2D eigenvalue weighted by atomic mass is 16.5. The summed E-state index contributed by atoms with van der Waals surface area (Å²) in [5.41, 5.74) is 4.42. The average molecular weight is 324 g/mol. The maximum Gasteiger partial charge on any atom is 0.274 e. The normalized spacial score (nSPS) is 14.4. The lowest BCUT2D eigenvalue weighted by atomic mass is 10.0. The fourth-order valence-electron chi connectivity index (χ4n) is 3.06. The third-order valence-electron chi connectivity index (χ3n) is 4.40. The highest BCUT2D eigenvalue weighted by Gasteiger charge is 2.18. The van der Waals surface area contributed by atoms with Crippen LogP contribution in [0.15, 0.2) is 48.5 Å². The van der Waals surface area contributed by atoms with Crippen LogP contribution in [0.4, 0.5) is 0 Å². The van der Waals surface area contributed by atoms with Crippen molar-refractivity contribution in [2.24, 2.45) is 0 Å². The molecule has 1 aliphatic rings. The van der Waals surface area contributed by atoms with Crippen LogP contribution in [0.3, 0.4) is 0 Å². The Labute approximate surface area is 140 Å². The van der Waals surface area contributed by atoms with Crippen LogP contribution in [0.2, 0.25) is 0 Å². The number of carbonyl (C=O) groups is 2. The number of nitrogens with one attached hydrogen (secondary N) is 2. The third-order valence-corrected chi connectivity index (χ3v) is 4.40. The molecule has 5 nitrogen and oxygen atoms in total. The molecule has 0 bridgehead atoms. The van der Waals surface area contributed by atoms with Crippen LogP contribution < -0.4 is 10.8 Å². The zero-order chi connectivity index (χ0) is 16.9. The van der Waals surface area contributed by atoms with Gasteiger partial charge in [0, 0.05) is 17.2 Å². The van der Waals surface area contributed by atoms with Crippen LogP contribution in [-0.4, -0.2) is 23.1 Å². The molecule has 2 amide bonds. The predicted molar refractivity (Wildman–Crippen MR) is 90.9 cm³/mol. The van der Waals surface area contributed by atoms with Gasteiger partial charge >= 0.3 is 0 Å². The molecule has 2 aromatic rings. The van der Waals surface area contributed by atoms with E-state index in [1.54, 1.807) is 35.8 Å². The molecule has 5 heteroatoms. The predicted octanol–water partition coefficient (Wildman–Crippen LogP) is 3.15. The molecule has 0 aromatic heterocycles. The first-order chi connectivity index (χ1) is 11.7. The number of hydrogen-bond acceptors (Lipinski definition) is 3. The minimum absolute atomic E-state index is 0.0416. The molecule has 24 heavy (non-hydrogen) atoms. The van der Waals surface area contributed by atoms with E-state index in [9.17, 15) is 9.59 Å². The second-order valence-corrected chi connectivity index (χ2v) is 6.05. The lowest BCUT2D eigenvalue weighted by Crippen LogP contribution is -2.32. The number of hydroxylamine groups is 1. The van der Waals surface area contributed by atoms with Gasteiger partial charge in [-0.2, -0.15) is 0 Å². The third kappa shape index (κ3) is 3.63. The Kier molecular flexibility index (Phi) is 4.91. The molecular weight excluding hydrogens is 304 g/mol. The van der Waals surface area contributed by atoms with Crippen LogP contribution in [0.1, 0.15) is 46.4 Å². The Bertz CT molecular complexity index is 735. The molecule has 0 spiro atoms. The van der Waals surface area contributed by atoms with Crippen molar-refractivity contribution in [3.8, 4) is 11.1 Å². The monoisotopic (exact) mass is 324 g/mol. The zero-order valence-electron chi connectivity index (χ0n) is 13.3. The van der Waals surface area contributed by atoms with Gasteiger partial charge < -0.3 is 5.32 Å². The minimum Gasteiger partial charge on any atom is -0.349 e. The molecule has 0 aliphatic heterocycles. The summed E-state index contributed by atoms with van der Waals surface area (Å²) in [7, 11) is 0. The second kappa shape index (κ2) is 7.27. The highest BCUT2D eigenvalue weighted by molar-refractivity contribution is 5.96. The maximum absolute atomic E-state index is 12.4. The maximum atomic E-state index is 12.4. The number of benzene rings is 2. The molecule has 0 unspecified atom stereocenters. The highest BCUT2D eigenvalue weighted by Crippen LogP contribution is 2.22. The van der Waals surface area contributed by atoms with Gasteiger partial charge in [0.15, 0.2) is 0 Å². The van der Waals surface area contributed by atoms with Gasteiger partial charge in [-0.25, -0.2) is 5.48 Å². The van der Waals surface area contributed by atoms with Crippen LogP contribution >= 0.6 is 0 Å². The van der Waals surface area contributed by atoms with Crippen LogP contribution in [0.25, 0.3) is 11.1 Å². The van der Waals surface area contributed by atoms with E-state index in [0.29, 0.717) is 11.1 Å². The first kappa shape index (κ1) is 16.2. The Hall–Kier alpha value is -2.66. The van der Waals surface area contributed by atoms with Crippen LogP contribution in [0.5, 0.6) is 0 Å². The molecule has 124 valence electrons. The average Bonchev–Trinajstić information content (AvgIpc) is 3.14. The Balaban J connectivity index is 1.77. The van der Waals surface area contributed by atoms with Crippen LogP contribution in [0, 0.1) is 0 Å². The standard InChI is InChI=1S/C19H20N2O3/c22-18(20-17-6-1-2-7-17)16-5-3-4-15(12-16)13-8-10-14(11-9-13)19(23)21-24/h3-5,8-12,17,24H,1-2,6-7H2,(H,20,22)(H,21,23). The summed E-state index contributed by atoms with van der Waals surface area (Å²) in [6.07, 6.45) is 4.47. The SMILES string of the molecule is O=C(NO)c1ccc(-c2cccc(C(=O)NC3CCCC3)c2)cc1. The van der Waals surface area contributed by atoms with Crippen molar-refractivity contribution in [2.75, 3.05) is 0 Å². The van der Waals surface area contributed by atoms with Gasteiger partial charge in [-0.15, -0.1) is 0 Å². The molecule has 0 radical (unpaired) electrons. The zero-order valence-corrected chi connectivity index (χ0v) is 13.3. The summed E-state index contributed by atoms with van der Waals surface area (Å²) in [6.45, 7) is 0. The van der Waals surface area contributed by atoms with Crippen molar-refractivity contribution >= 4 is 11.8 Å². The summed E-state index contributed by atoms with van der Waals surface area (Å²) >= 11 is 0. The van der Waals surface area contributed by atoms with Crippen molar-refractivity contribution < 1.29 is 14.8 Å². The Morgan fingerprint density at radius 3 is 2.25 bits per heavy atom. The van der Waals surface area contributed by atoms with Crippen LogP contribution in [-0.2, 0) is 0 Å². The second-order valence-electron chi connectivity index (χ2n) is 6.05. The minimum atomic E-state index is -0.550. The van der Waals surface area contributed by atoms with E-state index >= 15 is 0 Å². The summed E-state index contributed by atoms with van der Waals surface area (Å²) in [5, 5.41) is 11.7. The topological polar surface area (TPSA) is 78.4 Å².